The second kappa shape index (κ2) is 10.7. The molecule has 0 rings (SSSR count). The van der Waals surface area contributed by atoms with Crippen molar-refractivity contribution < 1.29 is 157 Å². The van der Waals surface area contributed by atoms with Gasteiger partial charge in [-0.05, 0) is 0 Å². The number of rotatable bonds is 4. The summed E-state index contributed by atoms with van der Waals surface area (Å²) in [7, 11) is -17.2. The maximum atomic E-state index is 10.2. The molecular formula is H2KNa2O10P3. The Morgan fingerprint density at radius 3 is 1.38 bits per heavy atom. The van der Waals surface area contributed by atoms with Gasteiger partial charge in [0.25, 0.3) is 7.82 Å². The van der Waals surface area contributed by atoms with E-state index in [9.17, 15) is 28.4 Å². The standard InChI is InChI=1S/K.2Na.H5O10P3/c;;;1-11(2,3)9-13(7,8)10-12(4,5)6/h;;;(H,7,8)(H2,1,2,3)(H2,4,5,6)/q3*+1;/p-3. The van der Waals surface area contributed by atoms with Crippen LogP contribution in [0.5, 0.6) is 0 Å². The summed E-state index contributed by atoms with van der Waals surface area (Å²) in [5.74, 6) is 0. The molecule has 0 amide bonds. The SMILES string of the molecule is O=P([O-])([O-])OP(=O)([O-])OP(=O)(O)O.[K+].[Na+].[Na+]. The Bertz CT molecular complexity index is 286. The van der Waals surface area contributed by atoms with Crippen molar-refractivity contribution in [2.75, 3.05) is 0 Å². The van der Waals surface area contributed by atoms with Crippen molar-refractivity contribution in [3.05, 3.63) is 0 Å². The van der Waals surface area contributed by atoms with Crippen molar-refractivity contribution in [2.45, 2.75) is 0 Å². The fourth-order valence-corrected chi connectivity index (χ4v) is 2.68. The Labute approximate surface area is 177 Å². The molecule has 0 radical (unpaired) electrons. The molecular weight excluding hydrogens is 338 g/mol. The van der Waals surface area contributed by atoms with Crippen LogP contribution in [-0.4, -0.2) is 9.79 Å². The summed E-state index contributed by atoms with van der Waals surface area (Å²) < 4.78 is 35.3. The molecule has 0 fully saturated rings. The molecule has 0 saturated carbocycles. The van der Waals surface area contributed by atoms with Crippen molar-refractivity contribution in [2.24, 2.45) is 0 Å². The summed E-state index contributed by atoms with van der Waals surface area (Å²) in [6.45, 7) is 0. The number of hydrogen-bond donors (Lipinski definition) is 2. The van der Waals surface area contributed by atoms with Gasteiger partial charge in [0.1, 0.15) is 0 Å². The molecule has 80 valence electrons. The summed E-state index contributed by atoms with van der Waals surface area (Å²) >= 11 is 0. The summed E-state index contributed by atoms with van der Waals surface area (Å²) in [6, 6.07) is 0. The molecule has 0 aliphatic heterocycles. The minimum Gasteiger partial charge on any atom is -0.790 e. The fraction of sp³-hybridized carbons (Fsp3) is 0. The summed E-state index contributed by atoms with van der Waals surface area (Å²) in [6.07, 6.45) is 0. The van der Waals surface area contributed by atoms with Crippen LogP contribution in [0.1, 0.15) is 0 Å². The van der Waals surface area contributed by atoms with Gasteiger partial charge in [-0.1, -0.05) is 0 Å². The summed E-state index contributed by atoms with van der Waals surface area (Å²) in [5.41, 5.74) is 0. The zero-order valence-corrected chi connectivity index (χ0v) is 18.3. The van der Waals surface area contributed by atoms with Gasteiger partial charge in [0.15, 0.2) is 0 Å². The largest absolute Gasteiger partial charge is 1.00 e. The third kappa shape index (κ3) is 20.4. The second-order valence-electron chi connectivity index (χ2n) is 1.55. The minimum absolute atomic E-state index is 0. The van der Waals surface area contributed by atoms with Gasteiger partial charge < -0.3 is 29.0 Å². The molecule has 16 heavy (non-hydrogen) atoms. The number of hydrogen-bond acceptors (Lipinski definition) is 8. The number of phosphoric acid groups is 3. The van der Waals surface area contributed by atoms with E-state index in [0.717, 1.165) is 0 Å². The Hall–Kier alpha value is 4.05. The van der Waals surface area contributed by atoms with Crippen molar-refractivity contribution in [3.63, 3.8) is 0 Å². The molecule has 0 bridgehead atoms. The zero-order chi connectivity index (χ0) is 10.9. The predicted octanol–water partition coefficient (Wildman–Crippen LogP) is -11.6. The van der Waals surface area contributed by atoms with E-state index >= 15 is 0 Å². The molecule has 0 spiro atoms. The van der Waals surface area contributed by atoms with Gasteiger partial charge in [0.05, 0.1) is 7.82 Å². The van der Waals surface area contributed by atoms with Gasteiger partial charge in [-0.2, -0.15) is 0 Å². The third-order valence-electron chi connectivity index (χ3n) is 0.406. The first-order chi connectivity index (χ1) is 5.41. The first-order valence-electron chi connectivity index (χ1n) is 2.23. The molecule has 0 heterocycles. The fourth-order valence-electron chi connectivity index (χ4n) is 0.268. The van der Waals surface area contributed by atoms with E-state index in [0.29, 0.717) is 0 Å². The van der Waals surface area contributed by atoms with Crippen LogP contribution < -0.4 is 125 Å². The van der Waals surface area contributed by atoms with Crippen LogP contribution in [-0.2, 0) is 22.3 Å². The molecule has 0 saturated heterocycles. The van der Waals surface area contributed by atoms with Gasteiger partial charge in [-0.3, -0.25) is 8.88 Å². The van der Waals surface area contributed by atoms with E-state index in [2.05, 4.69) is 8.62 Å². The summed E-state index contributed by atoms with van der Waals surface area (Å²) in [4.78, 5) is 45.3. The van der Waals surface area contributed by atoms with E-state index in [1.54, 1.807) is 0 Å². The van der Waals surface area contributed by atoms with Crippen LogP contribution in [0.25, 0.3) is 0 Å². The van der Waals surface area contributed by atoms with E-state index in [-0.39, 0.29) is 110 Å². The summed E-state index contributed by atoms with van der Waals surface area (Å²) in [5, 5.41) is 0. The molecule has 1 atom stereocenters. The van der Waals surface area contributed by atoms with E-state index < -0.39 is 23.5 Å². The van der Waals surface area contributed by atoms with Crippen LogP contribution in [0, 0.1) is 0 Å². The van der Waals surface area contributed by atoms with E-state index in [4.69, 9.17) is 9.79 Å². The molecule has 0 aliphatic carbocycles. The van der Waals surface area contributed by atoms with E-state index in [1.807, 2.05) is 0 Å². The molecule has 1 unspecified atom stereocenters. The van der Waals surface area contributed by atoms with Gasteiger partial charge in [0.2, 0.25) is 0 Å². The quantitative estimate of drug-likeness (QED) is 0.368. The van der Waals surface area contributed by atoms with Crippen LogP contribution in [0.3, 0.4) is 0 Å². The Balaban J connectivity index is -0.000000240. The van der Waals surface area contributed by atoms with Crippen molar-refractivity contribution >= 4 is 23.5 Å². The normalized spacial score (nSPS) is 14.8. The Morgan fingerprint density at radius 2 is 1.19 bits per heavy atom. The van der Waals surface area contributed by atoms with Crippen molar-refractivity contribution in [1.29, 1.82) is 0 Å². The zero-order valence-electron chi connectivity index (χ0n) is 8.50. The van der Waals surface area contributed by atoms with Gasteiger partial charge in [-0.25, -0.2) is 8.88 Å². The van der Waals surface area contributed by atoms with Gasteiger partial charge in [0, 0.05) is 0 Å². The third-order valence-corrected chi connectivity index (χ3v) is 3.66. The first kappa shape index (κ1) is 28.2. The van der Waals surface area contributed by atoms with Gasteiger partial charge >= 0.3 is 118 Å². The molecule has 0 aromatic heterocycles. The van der Waals surface area contributed by atoms with Crippen LogP contribution >= 0.6 is 23.5 Å². The molecule has 10 nitrogen and oxygen atoms in total. The maximum absolute atomic E-state index is 10.2. The maximum Gasteiger partial charge on any atom is 1.00 e. The Morgan fingerprint density at radius 1 is 0.875 bits per heavy atom. The molecule has 0 aromatic carbocycles. The smallest absolute Gasteiger partial charge is 0.790 e. The first-order valence-corrected chi connectivity index (χ1v) is 6.68. The van der Waals surface area contributed by atoms with Gasteiger partial charge in [-0.15, -0.1) is 0 Å². The predicted molar refractivity (Wildman–Crippen MR) is 29.4 cm³/mol. The molecule has 16 heteroatoms. The topological polar surface area (TPSA) is 179 Å². The average molecular weight is 340 g/mol. The monoisotopic (exact) mass is 340 g/mol. The second-order valence-corrected chi connectivity index (χ2v) is 5.62. The van der Waals surface area contributed by atoms with Crippen LogP contribution in [0.15, 0.2) is 0 Å². The van der Waals surface area contributed by atoms with Crippen LogP contribution in [0.4, 0.5) is 0 Å². The van der Waals surface area contributed by atoms with Crippen molar-refractivity contribution in [1.82, 2.24) is 0 Å². The van der Waals surface area contributed by atoms with E-state index in [1.165, 1.54) is 0 Å². The molecule has 2 N–H and O–H groups in total. The van der Waals surface area contributed by atoms with Crippen LogP contribution in [0.2, 0.25) is 0 Å². The molecule has 0 aromatic rings. The Kier molecular flexibility index (Phi) is 18.9. The minimum atomic E-state index is -5.92. The molecule has 0 aliphatic rings. The average Bonchev–Trinajstić information content (AvgIpc) is 1.43. The van der Waals surface area contributed by atoms with Crippen molar-refractivity contribution in [3.8, 4) is 0 Å².